The fourth-order valence-corrected chi connectivity index (χ4v) is 1.41. The molecule has 0 aliphatic rings. The highest BCUT2D eigenvalue weighted by molar-refractivity contribution is 5.00. The number of nitrogens with zero attached hydrogens (tertiary/aromatic N) is 2. The molecule has 13 heavy (non-hydrogen) atoms. The van der Waals surface area contributed by atoms with E-state index in [0.717, 1.165) is 13.0 Å². The SMILES string of the molecule is CC(C)Cn1cncc1CC(C)N. The molecule has 1 rings (SSSR count). The fraction of sp³-hybridized carbons (Fsp3) is 0.700. The first-order valence-corrected chi connectivity index (χ1v) is 4.84. The molecule has 3 nitrogen and oxygen atoms in total. The van der Waals surface area contributed by atoms with Gasteiger partial charge in [-0.1, -0.05) is 13.8 Å². The summed E-state index contributed by atoms with van der Waals surface area (Å²) in [7, 11) is 0. The van der Waals surface area contributed by atoms with Crippen LogP contribution in [-0.4, -0.2) is 15.6 Å². The van der Waals surface area contributed by atoms with Crippen molar-refractivity contribution in [1.29, 1.82) is 0 Å². The lowest BCUT2D eigenvalue weighted by Gasteiger charge is -2.11. The van der Waals surface area contributed by atoms with E-state index in [2.05, 4.69) is 23.4 Å². The first-order chi connectivity index (χ1) is 6.09. The van der Waals surface area contributed by atoms with Gasteiger partial charge in [-0.2, -0.15) is 0 Å². The average Bonchev–Trinajstić information content (AvgIpc) is 2.34. The molecule has 0 aliphatic heterocycles. The Kier molecular flexibility index (Phi) is 3.48. The van der Waals surface area contributed by atoms with Crippen LogP contribution in [0.2, 0.25) is 0 Å². The molecule has 1 unspecified atom stereocenters. The molecular formula is C10H19N3. The summed E-state index contributed by atoms with van der Waals surface area (Å²) in [6.45, 7) is 7.46. The van der Waals surface area contributed by atoms with E-state index >= 15 is 0 Å². The van der Waals surface area contributed by atoms with Crippen LogP contribution in [0.15, 0.2) is 12.5 Å². The van der Waals surface area contributed by atoms with Crippen molar-refractivity contribution in [2.24, 2.45) is 11.7 Å². The van der Waals surface area contributed by atoms with Crippen LogP contribution in [-0.2, 0) is 13.0 Å². The summed E-state index contributed by atoms with van der Waals surface area (Å²) < 4.78 is 2.19. The van der Waals surface area contributed by atoms with Crippen LogP contribution in [0.4, 0.5) is 0 Å². The van der Waals surface area contributed by atoms with Crippen molar-refractivity contribution < 1.29 is 0 Å². The molecule has 0 aromatic carbocycles. The van der Waals surface area contributed by atoms with Crippen LogP contribution >= 0.6 is 0 Å². The number of hydrogen-bond acceptors (Lipinski definition) is 2. The van der Waals surface area contributed by atoms with Crippen LogP contribution in [0.1, 0.15) is 26.5 Å². The molecule has 1 aromatic heterocycles. The van der Waals surface area contributed by atoms with E-state index in [0.29, 0.717) is 5.92 Å². The van der Waals surface area contributed by atoms with E-state index in [-0.39, 0.29) is 6.04 Å². The molecule has 0 saturated heterocycles. The number of nitrogens with two attached hydrogens (primary N) is 1. The van der Waals surface area contributed by atoms with Gasteiger partial charge < -0.3 is 10.3 Å². The summed E-state index contributed by atoms with van der Waals surface area (Å²) in [6, 6.07) is 0.211. The Hall–Kier alpha value is -0.830. The smallest absolute Gasteiger partial charge is 0.0948 e. The lowest BCUT2D eigenvalue weighted by Crippen LogP contribution is -2.20. The van der Waals surface area contributed by atoms with Crippen molar-refractivity contribution >= 4 is 0 Å². The minimum Gasteiger partial charge on any atom is -0.334 e. The van der Waals surface area contributed by atoms with E-state index in [1.807, 2.05) is 19.4 Å². The van der Waals surface area contributed by atoms with Crippen LogP contribution in [0.25, 0.3) is 0 Å². The Morgan fingerprint density at radius 2 is 2.15 bits per heavy atom. The summed E-state index contributed by atoms with van der Waals surface area (Å²) in [5, 5.41) is 0. The van der Waals surface area contributed by atoms with Gasteiger partial charge in [0.05, 0.1) is 6.33 Å². The minimum atomic E-state index is 0.211. The molecule has 0 aliphatic carbocycles. The molecule has 3 heteroatoms. The highest BCUT2D eigenvalue weighted by Crippen LogP contribution is 2.06. The fourth-order valence-electron chi connectivity index (χ4n) is 1.41. The third-order valence-electron chi connectivity index (χ3n) is 1.89. The number of rotatable bonds is 4. The van der Waals surface area contributed by atoms with Gasteiger partial charge in [0.1, 0.15) is 0 Å². The first-order valence-electron chi connectivity index (χ1n) is 4.84. The van der Waals surface area contributed by atoms with Gasteiger partial charge in [-0.3, -0.25) is 0 Å². The van der Waals surface area contributed by atoms with Crippen molar-refractivity contribution in [3.63, 3.8) is 0 Å². The monoisotopic (exact) mass is 181 g/mol. The van der Waals surface area contributed by atoms with Gasteiger partial charge in [0.2, 0.25) is 0 Å². The van der Waals surface area contributed by atoms with Gasteiger partial charge in [0.25, 0.3) is 0 Å². The van der Waals surface area contributed by atoms with Crippen LogP contribution in [0.5, 0.6) is 0 Å². The molecule has 0 amide bonds. The van der Waals surface area contributed by atoms with E-state index < -0.39 is 0 Å². The maximum atomic E-state index is 5.74. The van der Waals surface area contributed by atoms with Crippen molar-refractivity contribution in [1.82, 2.24) is 9.55 Å². The van der Waals surface area contributed by atoms with Crippen molar-refractivity contribution in [3.05, 3.63) is 18.2 Å². The second-order valence-corrected chi connectivity index (χ2v) is 4.11. The second kappa shape index (κ2) is 4.42. The lowest BCUT2D eigenvalue weighted by molar-refractivity contribution is 0.503. The molecule has 2 N–H and O–H groups in total. The highest BCUT2D eigenvalue weighted by Gasteiger charge is 2.05. The van der Waals surface area contributed by atoms with Crippen LogP contribution in [0.3, 0.4) is 0 Å². The number of imidazole rings is 1. The molecule has 1 aromatic rings. The molecular weight excluding hydrogens is 162 g/mol. The van der Waals surface area contributed by atoms with E-state index in [1.165, 1.54) is 5.69 Å². The number of hydrogen-bond donors (Lipinski definition) is 1. The van der Waals surface area contributed by atoms with Gasteiger partial charge in [-0.25, -0.2) is 4.98 Å². The summed E-state index contributed by atoms with van der Waals surface area (Å²) in [4.78, 5) is 4.14. The normalized spacial score (nSPS) is 13.6. The summed E-state index contributed by atoms with van der Waals surface area (Å²) in [5.41, 5.74) is 6.98. The van der Waals surface area contributed by atoms with Gasteiger partial charge in [0.15, 0.2) is 0 Å². The Morgan fingerprint density at radius 1 is 1.46 bits per heavy atom. The third-order valence-corrected chi connectivity index (χ3v) is 1.89. The maximum absolute atomic E-state index is 5.74. The Bertz CT molecular complexity index is 226. The average molecular weight is 181 g/mol. The lowest BCUT2D eigenvalue weighted by atomic mass is 10.2. The van der Waals surface area contributed by atoms with E-state index in [1.54, 1.807) is 0 Å². The Labute approximate surface area is 80.0 Å². The summed E-state index contributed by atoms with van der Waals surface area (Å²) in [6.07, 6.45) is 4.70. The molecule has 0 fully saturated rings. The maximum Gasteiger partial charge on any atom is 0.0948 e. The molecule has 74 valence electrons. The molecule has 1 atom stereocenters. The van der Waals surface area contributed by atoms with Crippen LogP contribution < -0.4 is 5.73 Å². The summed E-state index contributed by atoms with van der Waals surface area (Å²) in [5.74, 6) is 0.654. The van der Waals surface area contributed by atoms with E-state index in [4.69, 9.17) is 5.73 Å². The van der Waals surface area contributed by atoms with Gasteiger partial charge in [-0.05, 0) is 12.8 Å². The Balaban J connectivity index is 2.65. The quantitative estimate of drug-likeness (QED) is 0.763. The van der Waals surface area contributed by atoms with Crippen LogP contribution in [0, 0.1) is 5.92 Å². The molecule has 0 bridgehead atoms. The third kappa shape index (κ3) is 3.19. The second-order valence-electron chi connectivity index (χ2n) is 4.11. The zero-order valence-corrected chi connectivity index (χ0v) is 8.70. The van der Waals surface area contributed by atoms with Gasteiger partial charge >= 0.3 is 0 Å². The molecule has 0 saturated carbocycles. The first kappa shape index (κ1) is 10.3. The summed E-state index contributed by atoms with van der Waals surface area (Å²) >= 11 is 0. The van der Waals surface area contributed by atoms with Crippen molar-refractivity contribution in [3.8, 4) is 0 Å². The Morgan fingerprint density at radius 3 is 2.69 bits per heavy atom. The molecule has 1 heterocycles. The number of aromatic nitrogens is 2. The topological polar surface area (TPSA) is 43.8 Å². The zero-order chi connectivity index (χ0) is 9.84. The zero-order valence-electron chi connectivity index (χ0n) is 8.70. The largest absolute Gasteiger partial charge is 0.334 e. The minimum absolute atomic E-state index is 0.211. The van der Waals surface area contributed by atoms with Gasteiger partial charge in [-0.15, -0.1) is 0 Å². The predicted octanol–water partition coefficient (Wildman–Crippen LogP) is 1.43. The van der Waals surface area contributed by atoms with E-state index in [9.17, 15) is 0 Å². The molecule has 0 radical (unpaired) electrons. The van der Waals surface area contributed by atoms with Gasteiger partial charge in [0, 0.05) is 30.9 Å². The molecule has 0 spiro atoms. The van der Waals surface area contributed by atoms with Crippen molar-refractivity contribution in [2.45, 2.75) is 39.8 Å². The van der Waals surface area contributed by atoms with Crippen molar-refractivity contribution in [2.75, 3.05) is 0 Å². The predicted molar refractivity (Wildman–Crippen MR) is 54.4 cm³/mol. The standard InChI is InChI=1S/C10H19N3/c1-8(2)6-13-7-12-5-10(13)4-9(3)11/h5,7-9H,4,6,11H2,1-3H3. The highest BCUT2D eigenvalue weighted by atomic mass is 15.0.